The Hall–Kier alpha value is -4.26. The van der Waals surface area contributed by atoms with Crippen LogP contribution in [0.2, 0.25) is 0 Å². The van der Waals surface area contributed by atoms with Crippen LogP contribution in [0.3, 0.4) is 0 Å². The fraction of sp³-hybridized carbons (Fsp3) is 0.222. The van der Waals surface area contributed by atoms with Gasteiger partial charge in [-0.15, -0.1) is 0 Å². The molecule has 36 heavy (non-hydrogen) atoms. The van der Waals surface area contributed by atoms with Gasteiger partial charge in [-0.2, -0.15) is 5.26 Å². The van der Waals surface area contributed by atoms with Crippen molar-refractivity contribution < 1.29 is 23.8 Å². The Labute approximate surface area is 206 Å². The van der Waals surface area contributed by atoms with E-state index in [0.717, 1.165) is 0 Å². The van der Waals surface area contributed by atoms with Gasteiger partial charge in [-0.05, 0) is 37.1 Å². The number of halogens is 1. The highest BCUT2D eigenvalue weighted by Crippen LogP contribution is 2.33. The number of nitrogens with zero attached hydrogens (tertiary/aromatic N) is 2. The van der Waals surface area contributed by atoms with Crippen LogP contribution in [0, 0.1) is 17.1 Å². The minimum absolute atomic E-state index is 0.0487. The lowest BCUT2D eigenvalue weighted by molar-refractivity contribution is -0.0223. The fourth-order valence-electron chi connectivity index (χ4n) is 4.29. The number of aromatic amines is 1. The Morgan fingerprint density at radius 2 is 2.06 bits per heavy atom. The largest absolute Gasteiger partial charge is 0.457 e. The Morgan fingerprint density at radius 3 is 2.75 bits per heavy atom. The normalized spacial score (nSPS) is 17.5. The van der Waals surface area contributed by atoms with Gasteiger partial charge in [0.15, 0.2) is 5.78 Å². The van der Waals surface area contributed by atoms with Crippen LogP contribution in [0.1, 0.15) is 34.3 Å². The number of hydrogen-bond acceptors (Lipinski definition) is 7. The summed E-state index contributed by atoms with van der Waals surface area (Å²) in [6.45, 7) is 0.290. The number of hydrogen-bond donors (Lipinski definition) is 3. The zero-order valence-corrected chi connectivity index (χ0v) is 19.2. The Morgan fingerprint density at radius 1 is 1.22 bits per heavy atom. The average molecular weight is 487 g/mol. The topological polar surface area (TPSA) is 120 Å². The van der Waals surface area contributed by atoms with E-state index in [9.17, 15) is 15.2 Å². The van der Waals surface area contributed by atoms with Crippen molar-refractivity contribution in [2.75, 3.05) is 18.5 Å². The third-order valence-electron chi connectivity index (χ3n) is 6.15. The Balaban J connectivity index is 1.47. The summed E-state index contributed by atoms with van der Waals surface area (Å²) in [6, 6.07) is 15.0. The van der Waals surface area contributed by atoms with Crippen molar-refractivity contribution in [3.8, 4) is 17.6 Å². The van der Waals surface area contributed by atoms with Crippen molar-refractivity contribution >= 4 is 22.5 Å². The molecule has 0 saturated carbocycles. The molecule has 0 amide bonds. The van der Waals surface area contributed by atoms with Crippen LogP contribution in [-0.2, 0) is 4.74 Å². The van der Waals surface area contributed by atoms with Gasteiger partial charge >= 0.3 is 0 Å². The molecule has 0 unspecified atom stereocenters. The molecule has 2 aromatic heterocycles. The standard InChI is InChI=1S/C27H23FN4O4/c28-23-10-19(36-18-4-2-1-3-5-18)8-9-21(23)26(34)22-13-31-27-24(22)25(16(11-29)12-30-27)32-17-6-7-20(14-33)35-15-17/h1-5,8-10,12-13,17,20,33H,6-7,14-15H2,(H2,30,31,32)/t17-,20+/m1/s1. The molecule has 3 heterocycles. The van der Waals surface area contributed by atoms with Crippen molar-refractivity contribution in [3.63, 3.8) is 0 Å². The van der Waals surface area contributed by atoms with Crippen LogP contribution in [0.15, 0.2) is 60.9 Å². The number of carbonyl (C=O) groups excluding carboxylic acids is 1. The molecule has 0 aliphatic carbocycles. The number of para-hydroxylation sites is 1. The number of aromatic nitrogens is 2. The third kappa shape index (κ3) is 4.64. The third-order valence-corrected chi connectivity index (χ3v) is 6.15. The molecule has 1 aliphatic heterocycles. The maximum Gasteiger partial charge on any atom is 0.198 e. The lowest BCUT2D eigenvalue weighted by atomic mass is 9.99. The van der Waals surface area contributed by atoms with Gasteiger partial charge in [0.1, 0.15) is 29.0 Å². The molecule has 0 radical (unpaired) electrons. The molecular formula is C27H23FN4O4. The average Bonchev–Trinajstić information content (AvgIpc) is 3.34. The van der Waals surface area contributed by atoms with Crippen molar-refractivity contribution in [2.45, 2.75) is 25.0 Å². The summed E-state index contributed by atoms with van der Waals surface area (Å²) in [5.41, 5.74) is 1.16. The van der Waals surface area contributed by atoms with E-state index in [-0.39, 0.29) is 41.2 Å². The number of rotatable bonds is 7. The molecule has 0 bridgehead atoms. The van der Waals surface area contributed by atoms with E-state index in [1.807, 2.05) is 6.07 Å². The summed E-state index contributed by atoms with van der Waals surface area (Å²) in [4.78, 5) is 20.7. The van der Waals surface area contributed by atoms with Gasteiger partial charge in [0, 0.05) is 24.5 Å². The van der Waals surface area contributed by atoms with Gasteiger partial charge in [-0.25, -0.2) is 9.37 Å². The first kappa shape index (κ1) is 23.5. The highest BCUT2D eigenvalue weighted by molar-refractivity contribution is 6.19. The monoisotopic (exact) mass is 486 g/mol. The molecule has 0 spiro atoms. The summed E-state index contributed by atoms with van der Waals surface area (Å²) in [7, 11) is 0. The van der Waals surface area contributed by atoms with E-state index in [2.05, 4.69) is 21.4 Å². The van der Waals surface area contributed by atoms with E-state index in [0.29, 0.717) is 41.9 Å². The minimum atomic E-state index is -0.725. The van der Waals surface area contributed by atoms with E-state index < -0.39 is 11.6 Å². The number of H-pyrrole nitrogens is 1. The Bertz CT molecular complexity index is 1440. The molecule has 2 atom stereocenters. The Kier molecular flexibility index (Phi) is 6.62. The molecule has 182 valence electrons. The summed E-state index contributed by atoms with van der Waals surface area (Å²) in [5.74, 6) is -0.457. The highest BCUT2D eigenvalue weighted by atomic mass is 19.1. The van der Waals surface area contributed by atoms with Crippen LogP contribution in [0.5, 0.6) is 11.5 Å². The summed E-state index contributed by atoms with van der Waals surface area (Å²) >= 11 is 0. The zero-order valence-electron chi connectivity index (χ0n) is 19.2. The second-order valence-electron chi connectivity index (χ2n) is 8.53. The fourth-order valence-corrected chi connectivity index (χ4v) is 4.29. The van der Waals surface area contributed by atoms with E-state index >= 15 is 4.39 Å². The van der Waals surface area contributed by atoms with Gasteiger partial charge in [0.05, 0.1) is 47.1 Å². The van der Waals surface area contributed by atoms with Crippen LogP contribution in [0.4, 0.5) is 10.1 Å². The molecule has 4 aromatic rings. The molecule has 1 fully saturated rings. The molecule has 5 rings (SSSR count). The number of nitrogens with one attached hydrogen (secondary N) is 2. The quantitative estimate of drug-likeness (QED) is 0.328. The molecule has 2 aromatic carbocycles. The summed E-state index contributed by atoms with van der Waals surface area (Å²) in [6.07, 6.45) is 4.06. The predicted octanol–water partition coefficient (Wildman–Crippen LogP) is 4.55. The van der Waals surface area contributed by atoms with Gasteiger partial charge < -0.3 is 24.9 Å². The van der Waals surface area contributed by atoms with E-state index in [4.69, 9.17) is 9.47 Å². The number of ether oxygens (including phenoxy) is 2. The number of benzene rings is 2. The SMILES string of the molecule is N#Cc1cnc2[nH]cc(C(=O)c3ccc(Oc4ccccc4)cc3F)c2c1N[C@@H]1CC[C@@H](CO)OC1. The van der Waals surface area contributed by atoms with E-state index in [1.54, 1.807) is 24.3 Å². The molecule has 9 heteroatoms. The van der Waals surface area contributed by atoms with E-state index in [1.165, 1.54) is 30.6 Å². The number of fused-ring (bicyclic) bond motifs is 1. The van der Waals surface area contributed by atoms with Gasteiger partial charge in [-0.1, -0.05) is 18.2 Å². The first-order chi connectivity index (χ1) is 17.6. The van der Waals surface area contributed by atoms with Crippen LogP contribution < -0.4 is 10.1 Å². The van der Waals surface area contributed by atoms with Crippen molar-refractivity contribution in [3.05, 3.63) is 83.4 Å². The minimum Gasteiger partial charge on any atom is -0.457 e. The van der Waals surface area contributed by atoms with Gasteiger partial charge in [0.25, 0.3) is 0 Å². The lowest BCUT2D eigenvalue weighted by Crippen LogP contribution is -2.36. The summed E-state index contributed by atoms with van der Waals surface area (Å²) < 4.78 is 26.4. The van der Waals surface area contributed by atoms with Gasteiger partial charge in [-0.3, -0.25) is 4.79 Å². The number of ketones is 1. The second kappa shape index (κ2) is 10.2. The number of aliphatic hydroxyl groups excluding tert-OH is 1. The van der Waals surface area contributed by atoms with Crippen LogP contribution in [0.25, 0.3) is 11.0 Å². The number of pyridine rings is 1. The van der Waals surface area contributed by atoms with Gasteiger partial charge in [0.2, 0.25) is 0 Å². The van der Waals surface area contributed by atoms with Crippen LogP contribution in [-0.4, -0.2) is 46.2 Å². The van der Waals surface area contributed by atoms with Crippen LogP contribution >= 0.6 is 0 Å². The zero-order chi connectivity index (χ0) is 25.1. The smallest absolute Gasteiger partial charge is 0.198 e. The first-order valence-electron chi connectivity index (χ1n) is 11.5. The predicted molar refractivity (Wildman–Crippen MR) is 131 cm³/mol. The number of anilines is 1. The second-order valence-corrected chi connectivity index (χ2v) is 8.53. The number of carbonyl (C=O) groups is 1. The molecule has 8 nitrogen and oxygen atoms in total. The maximum atomic E-state index is 15.1. The molecule has 1 saturated heterocycles. The van der Waals surface area contributed by atoms with Crippen molar-refractivity contribution in [2.24, 2.45) is 0 Å². The molecule has 1 aliphatic rings. The highest BCUT2D eigenvalue weighted by Gasteiger charge is 2.26. The molecule has 3 N–H and O–H groups in total. The van der Waals surface area contributed by atoms with Crippen molar-refractivity contribution in [1.29, 1.82) is 5.26 Å². The van der Waals surface area contributed by atoms with Crippen molar-refractivity contribution in [1.82, 2.24) is 9.97 Å². The summed E-state index contributed by atoms with van der Waals surface area (Å²) in [5, 5.41) is 22.7. The number of aliphatic hydroxyl groups is 1. The lowest BCUT2D eigenvalue weighted by Gasteiger charge is -2.29. The molecular weight excluding hydrogens is 463 g/mol. The number of nitriles is 1. The maximum absolute atomic E-state index is 15.1. The first-order valence-corrected chi connectivity index (χ1v) is 11.5.